The summed E-state index contributed by atoms with van der Waals surface area (Å²) in [5.74, 6) is -0.0679. The Morgan fingerprint density at radius 1 is 0.964 bits per heavy atom. The number of fused-ring (bicyclic) bond motifs is 1. The van der Waals surface area contributed by atoms with Crippen molar-refractivity contribution >= 4 is 34.1 Å². The van der Waals surface area contributed by atoms with Crippen LogP contribution in [0.1, 0.15) is 12.5 Å². The maximum atomic E-state index is 13.1. The van der Waals surface area contributed by atoms with E-state index >= 15 is 0 Å². The van der Waals surface area contributed by atoms with E-state index in [1.165, 1.54) is 0 Å². The third kappa shape index (κ3) is 3.31. The van der Waals surface area contributed by atoms with Crippen LogP contribution in [-0.4, -0.2) is 36.0 Å². The Kier molecular flexibility index (Phi) is 4.74. The zero-order valence-corrected chi connectivity index (χ0v) is 16.1. The molecule has 1 unspecified atom stereocenters. The second-order valence-electron chi connectivity index (χ2n) is 7.15. The van der Waals surface area contributed by atoms with E-state index in [0.29, 0.717) is 13.1 Å². The highest BCUT2D eigenvalue weighted by Gasteiger charge is 2.35. The number of nitrogens with zero attached hydrogens (tertiary/aromatic N) is 2. The molecule has 0 aromatic heterocycles. The number of anilines is 2. The average Bonchev–Trinajstić information content (AvgIpc) is 2.71. The Bertz CT molecular complexity index is 1020. The molecule has 5 heteroatoms. The van der Waals surface area contributed by atoms with Crippen molar-refractivity contribution in [3.8, 4) is 0 Å². The molecule has 0 radical (unpaired) electrons. The molecule has 0 aliphatic carbocycles. The summed E-state index contributed by atoms with van der Waals surface area (Å²) in [6.07, 6.45) is 0. The van der Waals surface area contributed by atoms with Gasteiger partial charge >= 0.3 is 6.03 Å². The van der Waals surface area contributed by atoms with Gasteiger partial charge in [0, 0.05) is 24.2 Å². The number of amides is 3. The Morgan fingerprint density at radius 3 is 2.46 bits per heavy atom. The number of hydrogen-bond acceptors (Lipinski definition) is 2. The van der Waals surface area contributed by atoms with E-state index in [2.05, 4.69) is 5.32 Å². The lowest BCUT2D eigenvalue weighted by Gasteiger charge is -2.39. The molecule has 3 aromatic rings. The van der Waals surface area contributed by atoms with Gasteiger partial charge in [-0.15, -0.1) is 0 Å². The molecule has 1 fully saturated rings. The average molecular weight is 373 g/mol. The summed E-state index contributed by atoms with van der Waals surface area (Å²) in [5, 5.41) is 5.03. The van der Waals surface area contributed by atoms with Gasteiger partial charge in [-0.2, -0.15) is 0 Å². The van der Waals surface area contributed by atoms with E-state index in [9.17, 15) is 9.59 Å². The molecule has 0 bridgehead atoms. The number of urea groups is 1. The summed E-state index contributed by atoms with van der Waals surface area (Å²) in [4.78, 5) is 29.2. The Balaban J connectivity index is 1.53. The highest BCUT2D eigenvalue weighted by atomic mass is 16.2. The van der Waals surface area contributed by atoms with Crippen molar-refractivity contribution in [3.05, 3.63) is 72.3 Å². The quantitative estimate of drug-likeness (QED) is 0.723. The summed E-state index contributed by atoms with van der Waals surface area (Å²) in [5.41, 5.74) is 2.76. The van der Waals surface area contributed by atoms with Gasteiger partial charge in [-0.1, -0.05) is 54.1 Å². The van der Waals surface area contributed by atoms with Crippen molar-refractivity contribution in [2.24, 2.45) is 0 Å². The van der Waals surface area contributed by atoms with Crippen molar-refractivity contribution in [2.75, 3.05) is 23.3 Å². The van der Waals surface area contributed by atoms with Gasteiger partial charge < -0.3 is 15.1 Å². The SMILES string of the molecule is Cc1ccc(NC(=O)N2CCN(c3cccc4ccccc34)C(=O)C2C)cc1. The van der Waals surface area contributed by atoms with E-state index in [0.717, 1.165) is 27.7 Å². The minimum absolute atomic E-state index is 0.0679. The lowest BCUT2D eigenvalue weighted by molar-refractivity contribution is -0.123. The molecule has 0 spiro atoms. The smallest absolute Gasteiger partial charge is 0.311 e. The van der Waals surface area contributed by atoms with Gasteiger partial charge in [0.15, 0.2) is 0 Å². The number of hydrogen-bond donors (Lipinski definition) is 1. The Morgan fingerprint density at radius 2 is 1.68 bits per heavy atom. The molecule has 4 rings (SSSR count). The molecule has 1 saturated heterocycles. The number of aryl methyl sites for hydroxylation is 1. The van der Waals surface area contributed by atoms with Gasteiger partial charge in [-0.05, 0) is 37.4 Å². The van der Waals surface area contributed by atoms with Crippen molar-refractivity contribution in [3.63, 3.8) is 0 Å². The summed E-state index contributed by atoms with van der Waals surface area (Å²) in [7, 11) is 0. The van der Waals surface area contributed by atoms with Gasteiger partial charge in [-0.25, -0.2) is 4.79 Å². The highest BCUT2D eigenvalue weighted by Crippen LogP contribution is 2.29. The second-order valence-corrected chi connectivity index (χ2v) is 7.15. The molecule has 3 aromatic carbocycles. The summed E-state index contributed by atoms with van der Waals surface area (Å²) >= 11 is 0. The number of nitrogens with one attached hydrogen (secondary N) is 1. The van der Waals surface area contributed by atoms with Crippen LogP contribution in [0.2, 0.25) is 0 Å². The third-order valence-electron chi connectivity index (χ3n) is 5.28. The molecule has 1 atom stereocenters. The molecular weight excluding hydrogens is 350 g/mol. The number of rotatable bonds is 2. The van der Waals surface area contributed by atoms with Gasteiger partial charge in [0.05, 0.1) is 5.69 Å². The second kappa shape index (κ2) is 7.35. The highest BCUT2D eigenvalue weighted by molar-refractivity contribution is 6.07. The lowest BCUT2D eigenvalue weighted by atomic mass is 10.1. The zero-order chi connectivity index (χ0) is 19.7. The molecule has 1 aliphatic rings. The molecule has 0 saturated carbocycles. The summed E-state index contributed by atoms with van der Waals surface area (Å²) in [6, 6.07) is 20.9. The van der Waals surface area contributed by atoms with Crippen LogP contribution in [0, 0.1) is 6.92 Å². The normalized spacial score (nSPS) is 17.1. The largest absolute Gasteiger partial charge is 0.322 e. The fourth-order valence-corrected chi connectivity index (χ4v) is 3.66. The van der Waals surface area contributed by atoms with E-state index in [4.69, 9.17) is 0 Å². The fourth-order valence-electron chi connectivity index (χ4n) is 3.66. The van der Waals surface area contributed by atoms with Crippen LogP contribution in [0.5, 0.6) is 0 Å². The maximum absolute atomic E-state index is 13.1. The van der Waals surface area contributed by atoms with Crippen LogP contribution in [0.15, 0.2) is 66.7 Å². The lowest BCUT2D eigenvalue weighted by Crippen LogP contribution is -2.58. The van der Waals surface area contributed by atoms with Gasteiger partial charge in [-0.3, -0.25) is 4.79 Å². The van der Waals surface area contributed by atoms with Crippen LogP contribution in [-0.2, 0) is 4.79 Å². The minimum atomic E-state index is -0.529. The molecule has 5 nitrogen and oxygen atoms in total. The molecule has 3 amide bonds. The Labute approximate surface area is 164 Å². The van der Waals surface area contributed by atoms with E-state index in [1.54, 1.807) is 16.7 Å². The van der Waals surface area contributed by atoms with Crippen LogP contribution >= 0.6 is 0 Å². The van der Waals surface area contributed by atoms with E-state index in [1.807, 2.05) is 73.7 Å². The summed E-state index contributed by atoms with van der Waals surface area (Å²) < 4.78 is 0. The molecule has 1 aliphatic heterocycles. The number of carbonyl (C=O) groups excluding carboxylic acids is 2. The van der Waals surface area contributed by atoms with Crippen LogP contribution < -0.4 is 10.2 Å². The first-order valence-corrected chi connectivity index (χ1v) is 9.48. The zero-order valence-electron chi connectivity index (χ0n) is 16.1. The predicted molar refractivity (Wildman–Crippen MR) is 113 cm³/mol. The van der Waals surface area contributed by atoms with E-state index < -0.39 is 6.04 Å². The number of piperazine rings is 1. The van der Waals surface area contributed by atoms with Crippen molar-refractivity contribution in [1.29, 1.82) is 0 Å². The minimum Gasteiger partial charge on any atom is -0.311 e. The van der Waals surface area contributed by atoms with Crippen molar-refractivity contribution < 1.29 is 9.59 Å². The first-order valence-electron chi connectivity index (χ1n) is 9.48. The third-order valence-corrected chi connectivity index (χ3v) is 5.28. The monoisotopic (exact) mass is 373 g/mol. The summed E-state index contributed by atoms with van der Waals surface area (Å²) in [6.45, 7) is 4.74. The van der Waals surface area contributed by atoms with Crippen LogP contribution in [0.4, 0.5) is 16.2 Å². The molecular formula is C23H23N3O2. The first-order chi connectivity index (χ1) is 13.5. The van der Waals surface area contributed by atoms with Gasteiger partial charge in [0.2, 0.25) is 5.91 Å². The first kappa shape index (κ1) is 18.0. The number of benzene rings is 3. The van der Waals surface area contributed by atoms with Crippen LogP contribution in [0.25, 0.3) is 10.8 Å². The van der Waals surface area contributed by atoms with Crippen LogP contribution in [0.3, 0.4) is 0 Å². The van der Waals surface area contributed by atoms with Gasteiger partial charge in [0.1, 0.15) is 6.04 Å². The Hall–Kier alpha value is -3.34. The van der Waals surface area contributed by atoms with E-state index in [-0.39, 0.29) is 11.9 Å². The molecule has 28 heavy (non-hydrogen) atoms. The van der Waals surface area contributed by atoms with Crippen molar-refractivity contribution in [1.82, 2.24) is 4.90 Å². The van der Waals surface area contributed by atoms with Crippen molar-refractivity contribution in [2.45, 2.75) is 19.9 Å². The molecule has 1 heterocycles. The molecule has 142 valence electrons. The fraction of sp³-hybridized carbons (Fsp3) is 0.217. The topological polar surface area (TPSA) is 52.7 Å². The number of carbonyl (C=O) groups is 2. The predicted octanol–water partition coefficient (Wildman–Crippen LogP) is 4.42. The maximum Gasteiger partial charge on any atom is 0.322 e. The standard InChI is InChI=1S/C23H23N3O2/c1-16-10-12-19(13-11-16)24-23(28)25-14-15-26(22(27)17(25)2)21-9-5-7-18-6-3-4-8-20(18)21/h3-13,17H,14-15H2,1-2H3,(H,24,28). The van der Waals surface area contributed by atoms with Gasteiger partial charge in [0.25, 0.3) is 0 Å². The molecule has 1 N–H and O–H groups in total.